The minimum Gasteiger partial charge on any atom is -0.493 e. The van der Waals surface area contributed by atoms with Crippen molar-refractivity contribution in [1.29, 1.82) is 0 Å². The van der Waals surface area contributed by atoms with Crippen LogP contribution in [0.1, 0.15) is 63.1 Å². The lowest BCUT2D eigenvalue weighted by molar-refractivity contribution is -0.136. The number of ketones is 1. The van der Waals surface area contributed by atoms with Crippen LogP contribution < -0.4 is 9.47 Å². The molecule has 4 aromatic rings. The number of thiazole rings is 1. The van der Waals surface area contributed by atoms with Crippen molar-refractivity contribution in [1.82, 2.24) is 4.98 Å². The second-order valence-electron chi connectivity index (χ2n) is 9.78. The fourth-order valence-electron chi connectivity index (χ4n) is 4.22. The van der Waals surface area contributed by atoms with E-state index in [1.165, 1.54) is 0 Å². The van der Waals surface area contributed by atoms with Gasteiger partial charge in [-0.1, -0.05) is 37.6 Å². The number of carboxylic acids is 1. The van der Waals surface area contributed by atoms with E-state index in [-0.39, 0.29) is 18.1 Å². The number of benzene rings is 3. The highest BCUT2D eigenvalue weighted by molar-refractivity contribution is 9.11. The van der Waals surface area contributed by atoms with E-state index in [0.717, 1.165) is 21.8 Å². The molecule has 0 bridgehead atoms. The molecule has 0 atom stereocenters. The predicted octanol–water partition coefficient (Wildman–Crippen LogP) is 8.68. The zero-order chi connectivity index (χ0) is 29.0. The van der Waals surface area contributed by atoms with Crippen LogP contribution in [0.5, 0.6) is 17.2 Å². The van der Waals surface area contributed by atoms with Crippen molar-refractivity contribution < 1.29 is 24.2 Å². The largest absolute Gasteiger partial charge is 0.493 e. The van der Waals surface area contributed by atoms with E-state index >= 15 is 0 Å². The van der Waals surface area contributed by atoms with Crippen LogP contribution in [-0.2, 0) is 17.6 Å². The number of hydrogen-bond acceptors (Lipinski definition) is 6. The van der Waals surface area contributed by atoms with Gasteiger partial charge in [-0.3, -0.25) is 9.59 Å². The monoisotopic (exact) mass is 685 g/mol. The predicted molar refractivity (Wildman–Crippen MR) is 164 cm³/mol. The van der Waals surface area contributed by atoms with Crippen molar-refractivity contribution in [2.45, 2.75) is 46.5 Å². The number of aryl methyl sites for hydroxylation is 2. The normalized spacial score (nSPS) is 11.1. The van der Waals surface area contributed by atoms with Crippen LogP contribution in [0.2, 0.25) is 0 Å². The van der Waals surface area contributed by atoms with E-state index < -0.39 is 5.97 Å². The molecule has 0 saturated carbocycles. The molecule has 0 aliphatic carbocycles. The first-order valence-electron chi connectivity index (χ1n) is 12.7. The molecule has 0 aliphatic rings. The second kappa shape index (κ2) is 13.1. The van der Waals surface area contributed by atoms with E-state index in [2.05, 4.69) is 50.7 Å². The van der Waals surface area contributed by atoms with Gasteiger partial charge < -0.3 is 14.6 Å². The van der Waals surface area contributed by atoms with Gasteiger partial charge in [-0.15, -0.1) is 11.3 Å². The molecule has 0 aliphatic heterocycles. The van der Waals surface area contributed by atoms with Crippen LogP contribution in [-0.4, -0.2) is 28.4 Å². The van der Waals surface area contributed by atoms with Crippen LogP contribution in [0.3, 0.4) is 0 Å². The lowest BCUT2D eigenvalue weighted by Crippen LogP contribution is -2.09. The van der Waals surface area contributed by atoms with Crippen LogP contribution >= 0.6 is 43.2 Å². The highest BCUT2D eigenvalue weighted by atomic mass is 79.9. The van der Waals surface area contributed by atoms with E-state index in [0.29, 0.717) is 55.9 Å². The molecular weight excluding hydrogens is 658 g/mol. The van der Waals surface area contributed by atoms with Crippen molar-refractivity contribution in [3.8, 4) is 17.2 Å². The highest BCUT2D eigenvalue weighted by Crippen LogP contribution is 2.42. The van der Waals surface area contributed by atoms with Gasteiger partial charge in [-0.05, 0) is 87.5 Å². The first kappa shape index (κ1) is 30.0. The van der Waals surface area contributed by atoms with Gasteiger partial charge in [0.25, 0.3) is 0 Å². The number of aliphatic carboxylic acids is 1. The number of ether oxygens (including phenoxy) is 2. The Bertz CT molecular complexity index is 1540. The Morgan fingerprint density at radius 3 is 2.35 bits per heavy atom. The summed E-state index contributed by atoms with van der Waals surface area (Å²) in [7, 11) is 0. The van der Waals surface area contributed by atoms with Gasteiger partial charge >= 0.3 is 5.97 Å². The summed E-state index contributed by atoms with van der Waals surface area (Å²) in [6.45, 7) is 8.45. The zero-order valence-corrected chi connectivity index (χ0v) is 26.6. The average molecular weight is 687 g/mol. The molecule has 1 N–H and O–H groups in total. The quantitative estimate of drug-likeness (QED) is 0.159. The number of rotatable bonds is 11. The summed E-state index contributed by atoms with van der Waals surface area (Å²) in [5.74, 6) is 0.416. The molecule has 1 heterocycles. The lowest BCUT2D eigenvalue weighted by atomic mass is 9.95. The van der Waals surface area contributed by atoms with Crippen molar-refractivity contribution in [2.75, 3.05) is 6.61 Å². The zero-order valence-electron chi connectivity index (χ0n) is 22.6. The van der Waals surface area contributed by atoms with Crippen LogP contribution in [0.25, 0.3) is 0 Å². The van der Waals surface area contributed by atoms with Gasteiger partial charge in [0, 0.05) is 28.6 Å². The molecule has 0 spiro atoms. The maximum atomic E-state index is 13.9. The number of hydrogen-bond donors (Lipinski definition) is 1. The fourth-order valence-corrected chi connectivity index (χ4v) is 6.42. The summed E-state index contributed by atoms with van der Waals surface area (Å²) < 4.78 is 13.8. The summed E-state index contributed by atoms with van der Waals surface area (Å²) in [6, 6.07) is 14.5. The molecule has 0 radical (unpaired) electrons. The van der Waals surface area contributed by atoms with Crippen LogP contribution in [0.4, 0.5) is 0 Å². The minimum absolute atomic E-state index is 0.0902. The number of halogens is 2. The third kappa shape index (κ3) is 7.38. The molecule has 0 unspecified atom stereocenters. The van der Waals surface area contributed by atoms with Crippen molar-refractivity contribution >= 4 is 54.9 Å². The summed E-state index contributed by atoms with van der Waals surface area (Å²) in [5.41, 5.74) is 4.38. The summed E-state index contributed by atoms with van der Waals surface area (Å²) in [6.07, 6.45) is 0.538. The number of aromatic nitrogens is 1. The number of carbonyl (C=O) groups is 2. The summed E-state index contributed by atoms with van der Waals surface area (Å²) in [5, 5.41) is 12.2. The van der Waals surface area contributed by atoms with Gasteiger partial charge in [-0.25, -0.2) is 4.98 Å². The fraction of sp³-hybridized carbons (Fsp3) is 0.258. The summed E-state index contributed by atoms with van der Waals surface area (Å²) >= 11 is 8.64. The Kier molecular flexibility index (Phi) is 9.81. The molecule has 0 saturated heterocycles. The van der Waals surface area contributed by atoms with Crippen molar-refractivity contribution in [2.24, 2.45) is 0 Å². The Labute approximate surface area is 254 Å². The maximum Gasteiger partial charge on any atom is 0.307 e. The van der Waals surface area contributed by atoms with E-state index in [9.17, 15) is 14.7 Å². The standard InChI is InChI=1S/C31H29Br2NO5S/c1-17(2)22-14-27(39-31-24(32)11-20(12-25(31)33)13-29(35)36)23(30(37)21-7-5-6-18(3)10-21)15-26(22)38-9-8-28-34-19(4)16-40-28/h5-7,10-12,14-17H,8-9,13H2,1-4H3,(H,35,36). The Hall–Kier alpha value is -3.01. The Balaban J connectivity index is 1.76. The number of carboxylic acid groups (broad SMARTS) is 1. The van der Waals surface area contributed by atoms with E-state index in [1.807, 2.05) is 43.5 Å². The number of nitrogens with zero attached hydrogens (tertiary/aromatic N) is 1. The SMILES string of the molecule is Cc1cccc(C(=O)c2cc(OCCc3nc(C)cs3)c(C(C)C)cc2Oc2c(Br)cc(CC(=O)O)cc2Br)c1. The molecule has 6 nitrogen and oxygen atoms in total. The first-order valence-corrected chi connectivity index (χ1v) is 15.2. The third-order valence-corrected chi connectivity index (χ3v) is 8.33. The smallest absolute Gasteiger partial charge is 0.307 e. The van der Waals surface area contributed by atoms with Gasteiger partial charge in [0.15, 0.2) is 11.5 Å². The highest BCUT2D eigenvalue weighted by Gasteiger charge is 2.23. The molecule has 0 amide bonds. The van der Waals surface area contributed by atoms with Gasteiger partial charge in [0.1, 0.15) is 11.5 Å². The molecule has 1 aromatic heterocycles. The first-order chi connectivity index (χ1) is 19.0. The maximum absolute atomic E-state index is 13.9. The van der Waals surface area contributed by atoms with Gasteiger partial charge in [-0.2, -0.15) is 0 Å². The Morgan fingerprint density at radius 1 is 1.02 bits per heavy atom. The molecule has 0 fully saturated rings. The topological polar surface area (TPSA) is 85.7 Å². The number of carbonyl (C=O) groups excluding carboxylic acids is 1. The molecule has 9 heteroatoms. The van der Waals surface area contributed by atoms with E-state index in [1.54, 1.807) is 35.6 Å². The second-order valence-corrected chi connectivity index (χ2v) is 12.4. The average Bonchev–Trinajstić information content (AvgIpc) is 3.30. The summed E-state index contributed by atoms with van der Waals surface area (Å²) in [4.78, 5) is 29.6. The lowest BCUT2D eigenvalue weighted by Gasteiger charge is -2.20. The molecule has 208 valence electrons. The van der Waals surface area contributed by atoms with Gasteiger partial charge in [0.05, 0.1) is 32.5 Å². The molecular formula is C31H29Br2NO5S. The van der Waals surface area contributed by atoms with E-state index in [4.69, 9.17) is 9.47 Å². The van der Waals surface area contributed by atoms with Crippen LogP contribution in [0.15, 0.2) is 62.9 Å². The van der Waals surface area contributed by atoms with Crippen molar-refractivity contribution in [3.05, 3.63) is 101 Å². The van der Waals surface area contributed by atoms with Gasteiger partial charge in [0.2, 0.25) is 0 Å². The van der Waals surface area contributed by atoms with Crippen LogP contribution in [0, 0.1) is 13.8 Å². The third-order valence-electron chi connectivity index (χ3n) is 6.12. The molecule has 40 heavy (non-hydrogen) atoms. The minimum atomic E-state index is -0.930. The molecule has 3 aromatic carbocycles. The van der Waals surface area contributed by atoms with Crippen molar-refractivity contribution in [3.63, 3.8) is 0 Å². The Morgan fingerprint density at radius 2 is 1.75 bits per heavy atom. The molecule has 4 rings (SSSR count).